The van der Waals surface area contributed by atoms with Gasteiger partial charge in [-0.2, -0.15) is 19.8 Å². The number of carbonyl (C=O) groups excluding carboxylic acids is 1. The molecule has 2 aromatic carbocycles. The zero-order valence-corrected chi connectivity index (χ0v) is 16.6. The highest BCUT2D eigenvalue weighted by atomic mass is 19.1. The quantitative estimate of drug-likeness (QED) is 0.468. The molecule has 0 saturated carbocycles. The normalized spacial score (nSPS) is 10.2. The van der Waals surface area contributed by atoms with Crippen LogP contribution in [0.4, 0.5) is 8.78 Å². The molecule has 0 spiro atoms. The minimum Gasteiger partial charge on any atom is -0.476 e. The van der Waals surface area contributed by atoms with E-state index in [1.54, 1.807) is 6.92 Å². The monoisotopic (exact) mass is 442 g/mol. The first-order valence-corrected chi connectivity index (χ1v) is 9.14. The average Bonchev–Trinajstić information content (AvgIpc) is 3.46. The molecule has 0 aliphatic rings. The van der Waals surface area contributed by atoms with E-state index in [1.807, 2.05) is 0 Å². The fourth-order valence-corrected chi connectivity index (χ4v) is 2.32. The van der Waals surface area contributed by atoms with Gasteiger partial charge in [0.25, 0.3) is 0 Å². The molecular formula is C20H16F2N6O4. The molecule has 1 N–H and O–H groups in total. The van der Waals surface area contributed by atoms with Crippen molar-refractivity contribution in [2.45, 2.75) is 6.92 Å². The van der Waals surface area contributed by atoms with Crippen LogP contribution < -0.4 is 0 Å². The van der Waals surface area contributed by atoms with Gasteiger partial charge in [0.2, 0.25) is 0 Å². The van der Waals surface area contributed by atoms with E-state index < -0.39 is 11.9 Å². The predicted octanol–water partition coefficient (Wildman–Crippen LogP) is 2.69. The lowest BCUT2D eigenvalue weighted by Gasteiger charge is -1.98. The molecule has 0 aliphatic carbocycles. The van der Waals surface area contributed by atoms with Gasteiger partial charge in [0.1, 0.15) is 11.6 Å². The molecule has 0 atom stereocenters. The molecule has 4 aromatic rings. The second-order valence-corrected chi connectivity index (χ2v) is 6.02. The van der Waals surface area contributed by atoms with E-state index in [0.717, 1.165) is 11.0 Å². The summed E-state index contributed by atoms with van der Waals surface area (Å²) in [7, 11) is 0. The molecule has 0 bridgehead atoms. The fourth-order valence-electron chi connectivity index (χ4n) is 2.32. The molecule has 0 amide bonds. The minimum absolute atomic E-state index is 0.121. The first-order chi connectivity index (χ1) is 15.4. The fraction of sp³-hybridized carbons (Fsp3) is 0.100. The van der Waals surface area contributed by atoms with Crippen LogP contribution in [0.15, 0.2) is 60.9 Å². The Morgan fingerprint density at radius 1 is 0.844 bits per heavy atom. The lowest BCUT2D eigenvalue weighted by molar-refractivity contribution is 0.0518. The highest BCUT2D eigenvalue weighted by molar-refractivity contribution is 5.86. The Kier molecular flexibility index (Phi) is 6.95. The number of rotatable bonds is 5. The molecule has 12 heteroatoms. The molecule has 0 aliphatic heterocycles. The zero-order valence-electron chi connectivity index (χ0n) is 16.6. The predicted molar refractivity (Wildman–Crippen MR) is 106 cm³/mol. The topological polar surface area (TPSA) is 125 Å². The van der Waals surface area contributed by atoms with Crippen molar-refractivity contribution in [2.75, 3.05) is 6.61 Å². The smallest absolute Gasteiger partial charge is 0.360 e. The third kappa shape index (κ3) is 5.56. The van der Waals surface area contributed by atoms with Gasteiger partial charge >= 0.3 is 11.9 Å². The van der Waals surface area contributed by atoms with Crippen LogP contribution in [0.25, 0.3) is 11.4 Å². The van der Waals surface area contributed by atoms with Crippen molar-refractivity contribution in [3.8, 4) is 11.4 Å². The number of nitrogens with zero attached hydrogens (tertiary/aromatic N) is 6. The van der Waals surface area contributed by atoms with Gasteiger partial charge in [-0.05, 0) is 55.5 Å². The molecular weight excluding hydrogens is 426 g/mol. The third-order valence-electron chi connectivity index (χ3n) is 3.80. The second kappa shape index (κ2) is 10.0. The second-order valence-electron chi connectivity index (χ2n) is 6.02. The number of esters is 1. The molecule has 2 heterocycles. The maximum atomic E-state index is 12.7. The lowest BCUT2D eigenvalue weighted by Crippen LogP contribution is -2.06. The van der Waals surface area contributed by atoms with Crippen molar-refractivity contribution in [2.24, 2.45) is 0 Å². The number of aromatic carboxylic acids is 1. The Balaban J connectivity index is 0.000000182. The first kappa shape index (κ1) is 22.2. The van der Waals surface area contributed by atoms with Crippen LogP contribution in [0.1, 0.15) is 27.9 Å². The number of hydrogen-bond acceptors (Lipinski definition) is 7. The van der Waals surface area contributed by atoms with Gasteiger partial charge in [-0.3, -0.25) is 0 Å². The Morgan fingerprint density at radius 2 is 1.28 bits per heavy atom. The molecule has 4 rings (SSSR count). The maximum Gasteiger partial charge on any atom is 0.360 e. The van der Waals surface area contributed by atoms with Gasteiger partial charge in [0, 0.05) is 0 Å². The van der Waals surface area contributed by atoms with Crippen molar-refractivity contribution < 1.29 is 28.2 Å². The van der Waals surface area contributed by atoms with Crippen LogP contribution in [0, 0.1) is 11.6 Å². The molecule has 164 valence electrons. The van der Waals surface area contributed by atoms with Crippen LogP contribution in [0.5, 0.6) is 0 Å². The van der Waals surface area contributed by atoms with E-state index in [0.29, 0.717) is 11.4 Å². The summed E-state index contributed by atoms with van der Waals surface area (Å²) in [6.07, 6.45) is 2.44. The van der Waals surface area contributed by atoms with Gasteiger partial charge in [-0.25, -0.2) is 18.4 Å². The zero-order chi connectivity index (χ0) is 23.1. The Labute approximate surface area is 179 Å². The van der Waals surface area contributed by atoms with Crippen molar-refractivity contribution in [3.05, 3.63) is 83.9 Å². The Hall–Kier alpha value is -4.48. The van der Waals surface area contributed by atoms with E-state index >= 15 is 0 Å². The number of benzene rings is 2. The van der Waals surface area contributed by atoms with E-state index in [2.05, 4.69) is 20.4 Å². The Bertz CT molecular complexity index is 1210. The number of carbonyl (C=O) groups is 2. The van der Waals surface area contributed by atoms with Gasteiger partial charge in [0.05, 0.1) is 30.4 Å². The highest BCUT2D eigenvalue weighted by Gasteiger charge is 2.12. The summed E-state index contributed by atoms with van der Waals surface area (Å²) < 4.78 is 30.1. The summed E-state index contributed by atoms with van der Waals surface area (Å²) in [6.45, 7) is 1.99. The van der Waals surface area contributed by atoms with E-state index in [9.17, 15) is 18.4 Å². The standard InChI is InChI=1S/C11H10FN3O2.C9H6FN3O2/c1-2-17-11(16)10-7-13-15(14-10)9-5-3-8(12)4-6-9;10-6-1-3-7(4-2-6)13-11-5-8(12-13)9(14)15/h3-7H,2H2,1H3;1-5H,(H,14,15). The molecule has 0 fully saturated rings. The summed E-state index contributed by atoms with van der Waals surface area (Å²) >= 11 is 0. The lowest BCUT2D eigenvalue weighted by atomic mass is 10.3. The van der Waals surface area contributed by atoms with Gasteiger partial charge in [-0.15, -0.1) is 10.2 Å². The number of ether oxygens (including phenoxy) is 1. The van der Waals surface area contributed by atoms with Crippen LogP contribution in [0.2, 0.25) is 0 Å². The summed E-state index contributed by atoms with van der Waals surface area (Å²) in [6, 6.07) is 11.0. The third-order valence-corrected chi connectivity index (χ3v) is 3.80. The van der Waals surface area contributed by atoms with Crippen LogP contribution in [0.3, 0.4) is 0 Å². The molecule has 0 radical (unpaired) electrons. The molecule has 10 nitrogen and oxygen atoms in total. The summed E-state index contributed by atoms with van der Waals surface area (Å²) in [5.74, 6) is -2.39. The van der Waals surface area contributed by atoms with Crippen LogP contribution in [-0.2, 0) is 4.74 Å². The van der Waals surface area contributed by atoms with Gasteiger partial charge < -0.3 is 9.84 Å². The number of carboxylic acids is 1. The van der Waals surface area contributed by atoms with Crippen LogP contribution >= 0.6 is 0 Å². The van der Waals surface area contributed by atoms with E-state index in [4.69, 9.17) is 9.84 Å². The van der Waals surface area contributed by atoms with E-state index in [-0.39, 0.29) is 29.6 Å². The summed E-state index contributed by atoms with van der Waals surface area (Å²) in [5.41, 5.74) is 1.04. The molecule has 32 heavy (non-hydrogen) atoms. The summed E-state index contributed by atoms with van der Waals surface area (Å²) in [5, 5.41) is 23.9. The minimum atomic E-state index is -1.15. The van der Waals surface area contributed by atoms with Crippen molar-refractivity contribution in [3.63, 3.8) is 0 Å². The van der Waals surface area contributed by atoms with Gasteiger partial charge in [0.15, 0.2) is 11.4 Å². The average molecular weight is 442 g/mol. The van der Waals surface area contributed by atoms with E-state index in [1.165, 1.54) is 59.5 Å². The van der Waals surface area contributed by atoms with Crippen molar-refractivity contribution in [1.82, 2.24) is 30.0 Å². The van der Waals surface area contributed by atoms with Crippen molar-refractivity contribution >= 4 is 11.9 Å². The number of carboxylic acid groups (broad SMARTS) is 1. The summed E-state index contributed by atoms with van der Waals surface area (Å²) in [4.78, 5) is 24.2. The van der Waals surface area contributed by atoms with Crippen LogP contribution in [-0.4, -0.2) is 53.6 Å². The highest BCUT2D eigenvalue weighted by Crippen LogP contribution is 2.08. The Morgan fingerprint density at radius 3 is 1.69 bits per heavy atom. The molecule has 0 unspecified atom stereocenters. The van der Waals surface area contributed by atoms with Crippen molar-refractivity contribution in [1.29, 1.82) is 0 Å². The molecule has 2 aromatic heterocycles. The van der Waals surface area contributed by atoms with Gasteiger partial charge in [-0.1, -0.05) is 0 Å². The largest absolute Gasteiger partial charge is 0.476 e. The number of halogens is 2. The maximum absolute atomic E-state index is 12.7. The molecule has 0 saturated heterocycles. The number of aromatic nitrogens is 6. The first-order valence-electron chi connectivity index (χ1n) is 9.14. The number of hydrogen-bond donors (Lipinski definition) is 1. The SMILES string of the molecule is CCOC(=O)c1cnn(-c2ccc(F)cc2)n1.O=C(O)c1cnn(-c2ccc(F)cc2)n1.